The maximum absolute atomic E-state index is 4.74. The van der Waals surface area contributed by atoms with Crippen LogP contribution in [0.2, 0.25) is 0 Å². The van der Waals surface area contributed by atoms with E-state index in [1.54, 1.807) is 0 Å². The second kappa shape index (κ2) is 8.52. The number of aromatic nitrogens is 1. The van der Waals surface area contributed by atoms with Gasteiger partial charge in [-0.3, -0.25) is 0 Å². The zero-order valence-corrected chi connectivity index (χ0v) is 15.8. The average Bonchev–Trinajstić information content (AvgIpc) is 3.46. The number of aliphatic imine (C=N–C) groups is 1. The van der Waals surface area contributed by atoms with Gasteiger partial charge in [-0.25, -0.2) is 9.98 Å². The van der Waals surface area contributed by atoms with Gasteiger partial charge in [-0.2, -0.15) is 0 Å². The molecule has 0 spiro atoms. The Morgan fingerprint density at radius 3 is 2.64 bits per heavy atom. The highest BCUT2D eigenvalue weighted by molar-refractivity contribution is 5.80. The van der Waals surface area contributed by atoms with Crippen molar-refractivity contribution in [3.05, 3.63) is 23.9 Å². The van der Waals surface area contributed by atoms with E-state index >= 15 is 0 Å². The minimum absolute atomic E-state index is 0.522. The van der Waals surface area contributed by atoms with E-state index < -0.39 is 0 Å². The average molecular weight is 345 g/mol. The van der Waals surface area contributed by atoms with Crippen LogP contribution in [0.3, 0.4) is 0 Å². The third-order valence-corrected chi connectivity index (χ3v) is 4.93. The number of pyridine rings is 1. The summed E-state index contributed by atoms with van der Waals surface area (Å²) in [5.41, 5.74) is 0.993. The Morgan fingerprint density at radius 1 is 1.24 bits per heavy atom. The molecule has 2 heterocycles. The van der Waals surface area contributed by atoms with Crippen LogP contribution in [0.4, 0.5) is 5.82 Å². The summed E-state index contributed by atoms with van der Waals surface area (Å²) in [6.07, 6.45) is 5.22. The van der Waals surface area contributed by atoms with Crippen LogP contribution in [0, 0.1) is 0 Å². The van der Waals surface area contributed by atoms with E-state index in [9.17, 15) is 0 Å². The predicted octanol–water partition coefficient (Wildman–Crippen LogP) is 1.83. The van der Waals surface area contributed by atoms with Crippen molar-refractivity contribution in [2.45, 2.75) is 51.2 Å². The number of guanidine groups is 1. The van der Waals surface area contributed by atoms with Gasteiger partial charge in [-0.05, 0) is 44.7 Å². The molecule has 6 nitrogen and oxygen atoms in total. The number of nitrogens with zero attached hydrogens (tertiary/aromatic N) is 4. The fourth-order valence-electron chi connectivity index (χ4n) is 3.33. The van der Waals surface area contributed by atoms with E-state index in [0.29, 0.717) is 12.6 Å². The summed E-state index contributed by atoms with van der Waals surface area (Å²) in [4.78, 5) is 14.1. The second-order valence-corrected chi connectivity index (χ2v) is 7.26. The van der Waals surface area contributed by atoms with Crippen molar-refractivity contribution in [3.63, 3.8) is 0 Å². The molecule has 1 aromatic rings. The minimum atomic E-state index is 0.522. The smallest absolute Gasteiger partial charge is 0.191 e. The number of rotatable bonds is 6. The van der Waals surface area contributed by atoms with Crippen LogP contribution in [-0.2, 0) is 6.54 Å². The molecule has 0 amide bonds. The van der Waals surface area contributed by atoms with Gasteiger partial charge >= 0.3 is 0 Å². The van der Waals surface area contributed by atoms with E-state index in [4.69, 9.17) is 4.99 Å². The third kappa shape index (κ3) is 5.33. The SMILES string of the molecule is CCNC(=NCc1cccc(N(C)C)n1)NC1CCN(C2CC2)CC1. The molecule has 2 N–H and O–H groups in total. The molecular formula is C19H32N6. The summed E-state index contributed by atoms with van der Waals surface area (Å²) < 4.78 is 0. The number of anilines is 1. The van der Waals surface area contributed by atoms with E-state index in [0.717, 1.165) is 30.1 Å². The summed E-state index contributed by atoms with van der Waals surface area (Å²) >= 11 is 0. The molecule has 1 saturated carbocycles. The van der Waals surface area contributed by atoms with E-state index in [1.807, 2.05) is 37.2 Å². The normalized spacial score (nSPS) is 19.7. The van der Waals surface area contributed by atoms with Gasteiger partial charge in [0.15, 0.2) is 5.96 Å². The Hall–Kier alpha value is -1.82. The first-order chi connectivity index (χ1) is 12.2. The zero-order chi connectivity index (χ0) is 17.6. The number of hydrogen-bond donors (Lipinski definition) is 2. The molecule has 25 heavy (non-hydrogen) atoms. The summed E-state index contributed by atoms with van der Waals surface area (Å²) in [6, 6.07) is 7.51. The molecule has 1 aliphatic heterocycles. The van der Waals surface area contributed by atoms with Crippen LogP contribution in [0.25, 0.3) is 0 Å². The van der Waals surface area contributed by atoms with Gasteiger partial charge in [-0.15, -0.1) is 0 Å². The largest absolute Gasteiger partial charge is 0.363 e. The predicted molar refractivity (Wildman–Crippen MR) is 104 cm³/mol. The maximum atomic E-state index is 4.74. The van der Waals surface area contributed by atoms with Gasteiger partial charge < -0.3 is 20.4 Å². The highest BCUT2D eigenvalue weighted by atomic mass is 15.2. The highest BCUT2D eigenvalue weighted by Gasteiger charge is 2.31. The van der Waals surface area contributed by atoms with Crippen molar-refractivity contribution >= 4 is 11.8 Å². The van der Waals surface area contributed by atoms with Gasteiger partial charge in [0.25, 0.3) is 0 Å². The van der Waals surface area contributed by atoms with Gasteiger partial charge in [0.1, 0.15) is 5.82 Å². The number of hydrogen-bond acceptors (Lipinski definition) is 4. The Balaban J connectivity index is 1.54. The van der Waals surface area contributed by atoms with Crippen LogP contribution < -0.4 is 15.5 Å². The fraction of sp³-hybridized carbons (Fsp3) is 0.684. The minimum Gasteiger partial charge on any atom is -0.363 e. The number of nitrogens with one attached hydrogen (secondary N) is 2. The molecule has 1 saturated heterocycles. The van der Waals surface area contributed by atoms with Crippen molar-refractivity contribution < 1.29 is 0 Å². The molecule has 0 atom stereocenters. The molecule has 0 bridgehead atoms. The lowest BCUT2D eigenvalue weighted by molar-refractivity contribution is 0.197. The zero-order valence-electron chi connectivity index (χ0n) is 15.8. The Kier molecular flexibility index (Phi) is 6.13. The van der Waals surface area contributed by atoms with E-state index in [2.05, 4.69) is 27.4 Å². The monoisotopic (exact) mass is 344 g/mol. The van der Waals surface area contributed by atoms with Crippen molar-refractivity contribution in [2.75, 3.05) is 38.6 Å². The summed E-state index contributed by atoms with van der Waals surface area (Å²) in [5, 5.41) is 6.99. The molecule has 138 valence electrons. The first-order valence-electron chi connectivity index (χ1n) is 9.58. The quantitative estimate of drug-likeness (QED) is 0.609. The highest BCUT2D eigenvalue weighted by Crippen LogP contribution is 2.29. The van der Waals surface area contributed by atoms with Crippen LogP contribution in [-0.4, -0.2) is 61.7 Å². The molecule has 1 aromatic heterocycles. The van der Waals surface area contributed by atoms with Gasteiger partial charge in [0, 0.05) is 45.8 Å². The molecular weight excluding hydrogens is 312 g/mol. The van der Waals surface area contributed by atoms with Crippen LogP contribution in [0.5, 0.6) is 0 Å². The Morgan fingerprint density at radius 2 is 2.00 bits per heavy atom. The van der Waals surface area contributed by atoms with Crippen molar-refractivity contribution in [1.29, 1.82) is 0 Å². The van der Waals surface area contributed by atoms with E-state index in [-0.39, 0.29) is 0 Å². The molecule has 2 fully saturated rings. The lowest BCUT2D eigenvalue weighted by Crippen LogP contribution is -2.49. The second-order valence-electron chi connectivity index (χ2n) is 7.26. The molecule has 0 aromatic carbocycles. The lowest BCUT2D eigenvalue weighted by Gasteiger charge is -2.33. The maximum Gasteiger partial charge on any atom is 0.191 e. The van der Waals surface area contributed by atoms with Crippen LogP contribution >= 0.6 is 0 Å². The van der Waals surface area contributed by atoms with Gasteiger partial charge in [0.2, 0.25) is 0 Å². The molecule has 0 radical (unpaired) electrons. The van der Waals surface area contributed by atoms with Crippen LogP contribution in [0.15, 0.2) is 23.2 Å². The standard InChI is InChI=1S/C19H32N6/c1-4-20-19(21-14-16-6-5-7-18(22-16)24(2)3)23-15-10-12-25(13-11-15)17-8-9-17/h5-7,15,17H,4,8-14H2,1-3H3,(H2,20,21,23). The van der Waals surface area contributed by atoms with Crippen LogP contribution in [0.1, 0.15) is 38.3 Å². The van der Waals surface area contributed by atoms with Crippen molar-refractivity contribution in [1.82, 2.24) is 20.5 Å². The Bertz CT molecular complexity index is 573. The lowest BCUT2D eigenvalue weighted by atomic mass is 10.1. The van der Waals surface area contributed by atoms with Gasteiger partial charge in [0.05, 0.1) is 12.2 Å². The number of piperidine rings is 1. The fourth-order valence-corrected chi connectivity index (χ4v) is 3.33. The third-order valence-electron chi connectivity index (χ3n) is 4.93. The molecule has 1 aliphatic carbocycles. The van der Waals surface area contributed by atoms with Crippen molar-refractivity contribution in [3.8, 4) is 0 Å². The van der Waals surface area contributed by atoms with E-state index in [1.165, 1.54) is 38.8 Å². The molecule has 2 aliphatic rings. The summed E-state index contributed by atoms with van der Waals surface area (Å²) in [7, 11) is 4.02. The first-order valence-corrected chi connectivity index (χ1v) is 9.58. The molecule has 0 unspecified atom stereocenters. The summed E-state index contributed by atoms with van der Waals surface area (Å²) in [6.45, 7) is 6.01. The molecule has 3 rings (SSSR count). The molecule has 6 heteroatoms. The number of likely N-dealkylation sites (tertiary alicyclic amines) is 1. The van der Waals surface area contributed by atoms with Crippen molar-refractivity contribution in [2.24, 2.45) is 4.99 Å². The van der Waals surface area contributed by atoms with Gasteiger partial charge in [-0.1, -0.05) is 6.07 Å². The summed E-state index contributed by atoms with van der Waals surface area (Å²) in [5.74, 6) is 1.88. The topological polar surface area (TPSA) is 55.8 Å². The Labute approximate surface area is 151 Å². The first kappa shape index (κ1) is 18.0.